The van der Waals surface area contributed by atoms with E-state index in [0.29, 0.717) is 5.69 Å². The van der Waals surface area contributed by atoms with Gasteiger partial charge in [0.25, 0.3) is 0 Å². The molecule has 0 atom stereocenters. The van der Waals surface area contributed by atoms with Gasteiger partial charge in [0.2, 0.25) is 15.9 Å². The third kappa shape index (κ3) is 6.20. The second kappa shape index (κ2) is 9.28. The van der Waals surface area contributed by atoms with Gasteiger partial charge in [0, 0.05) is 0 Å². The first-order valence-electron chi connectivity index (χ1n) is 8.83. The van der Waals surface area contributed by atoms with Crippen LogP contribution in [0.5, 0.6) is 0 Å². The molecule has 0 aliphatic heterocycles. The maximum absolute atomic E-state index is 12.5. The van der Waals surface area contributed by atoms with Crippen LogP contribution in [0.2, 0.25) is 5.02 Å². The Morgan fingerprint density at radius 1 is 1.10 bits per heavy atom. The maximum atomic E-state index is 12.5. The number of nitrogens with one attached hydrogen (secondary N) is 1. The number of amides is 1. The molecule has 9 heteroatoms. The van der Waals surface area contributed by atoms with Gasteiger partial charge in [0.15, 0.2) is 0 Å². The van der Waals surface area contributed by atoms with E-state index in [-0.39, 0.29) is 22.9 Å². The van der Waals surface area contributed by atoms with Gasteiger partial charge < -0.3 is 10.1 Å². The third-order valence-corrected chi connectivity index (χ3v) is 5.39. The zero-order valence-corrected chi connectivity index (χ0v) is 18.2. The van der Waals surface area contributed by atoms with Crippen molar-refractivity contribution in [3.05, 3.63) is 58.1 Å². The molecule has 1 N–H and O–H groups in total. The van der Waals surface area contributed by atoms with Crippen molar-refractivity contribution in [1.29, 1.82) is 0 Å². The Hall–Kier alpha value is -2.58. The van der Waals surface area contributed by atoms with Crippen molar-refractivity contribution < 1.29 is 22.7 Å². The molecule has 2 rings (SSSR count). The lowest BCUT2D eigenvalue weighted by molar-refractivity contribution is -0.114. The Morgan fingerprint density at radius 3 is 2.24 bits per heavy atom. The van der Waals surface area contributed by atoms with Crippen LogP contribution in [0.25, 0.3) is 0 Å². The number of halogens is 1. The Morgan fingerprint density at radius 2 is 1.72 bits per heavy atom. The highest BCUT2D eigenvalue weighted by atomic mass is 35.5. The highest BCUT2D eigenvalue weighted by Crippen LogP contribution is 2.25. The number of nitrogens with zero attached hydrogens (tertiary/aromatic N) is 1. The number of carbonyl (C=O) groups excluding carboxylic acids is 2. The number of hydrogen-bond acceptors (Lipinski definition) is 5. The topological polar surface area (TPSA) is 92.8 Å². The van der Waals surface area contributed by atoms with Crippen LogP contribution in [0, 0.1) is 13.8 Å². The molecule has 0 aliphatic carbocycles. The van der Waals surface area contributed by atoms with Crippen LogP contribution < -0.4 is 9.62 Å². The summed E-state index contributed by atoms with van der Waals surface area (Å²) in [5.41, 5.74) is 2.68. The van der Waals surface area contributed by atoms with Gasteiger partial charge in [-0.15, -0.1) is 0 Å². The van der Waals surface area contributed by atoms with Crippen LogP contribution in [-0.4, -0.2) is 39.7 Å². The van der Waals surface area contributed by atoms with Crippen LogP contribution in [0.4, 0.5) is 11.4 Å². The van der Waals surface area contributed by atoms with E-state index in [1.165, 1.54) is 18.2 Å². The molecule has 0 heterocycles. The standard InChI is InChI=1S/C20H23ClN2O5S/c1-5-28-20(25)15-6-7-18(17(21)11-15)22-19(24)12-23(29(4,26)27)16-9-13(2)8-14(3)10-16/h6-11H,5,12H2,1-4H3,(H,22,24). The van der Waals surface area contributed by atoms with Gasteiger partial charge in [-0.25, -0.2) is 13.2 Å². The van der Waals surface area contributed by atoms with E-state index < -0.39 is 28.4 Å². The van der Waals surface area contributed by atoms with Gasteiger partial charge in [-0.1, -0.05) is 17.7 Å². The predicted molar refractivity (Wildman–Crippen MR) is 114 cm³/mol. The molecule has 0 fully saturated rings. The number of aryl methyl sites for hydroxylation is 2. The second-order valence-corrected chi connectivity index (χ2v) is 8.89. The molecule has 0 aliphatic rings. The molecule has 0 spiro atoms. The molecule has 0 saturated carbocycles. The number of hydrogen-bond donors (Lipinski definition) is 1. The van der Waals surface area contributed by atoms with Crippen LogP contribution in [0.3, 0.4) is 0 Å². The number of benzene rings is 2. The Kier molecular flexibility index (Phi) is 7.26. The quantitative estimate of drug-likeness (QED) is 0.667. The van der Waals surface area contributed by atoms with E-state index in [1.807, 2.05) is 19.9 Å². The average Bonchev–Trinajstić information content (AvgIpc) is 2.59. The lowest BCUT2D eigenvalue weighted by Crippen LogP contribution is -2.37. The molecule has 1 amide bonds. The molecule has 0 unspecified atom stereocenters. The van der Waals surface area contributed by atoms with E-state index in [9.17, 15) is 18.0 Å². The monoisotopic (exact) mass is 438 g/mol. The summed E-state index contributed by atoms with van der Waals surface area (Å²) in [7, 11) is -3.69. The molecule has 0 radical (unpaired) electrons. The molecule has 7 nitrogen and oxygen atoms in total. The van der Waals surface area contributed by atoms with Crippen molar-refractivity contribution in [3.8, 4) is 0 Å². The van der Waals surface area contributed by atoms with Crippen molar-refractivity contribution >= 4 is 44.9 Å². The fourth-order valence-corrected chi connectivity index (χ4v) is 3.84. The van der Waals surface area contributed by atoms with Gasteiger partial charge in [-0.05, 0) is 62.2 Å². The minimum Gasteiger partial charge on any atom is -0.462 e. The summed E-state index contributed by atoms with van der Waals surface area (Å²) in [5, 5.41) is 2.72. The van der Waals surface area contributed by atoms with E-state index >= 15 is 0 Å². The number of sulfonamides is 1. The van der Waals surface area contributed by atoms with Gasteiger partial charge in [0.05, 0.1) is 34.8 Å². The lowest BCUT2D eigenvalue weighted by Gasteiger charge is -2.23. The zero-order chi connectivity index (χ0) is 21.8. The number of anilines is 2. The van der Waals surface area contributed by atoms with Crippen molar-refractivity contribution in [1.82, 2.24) is 0 Å². The van der Waals surface area contributed by atoms with Crippen molar-refractivity contribution in [2.75, 3.05) is 29.0 Å². The first-order chi connectivity index (χ1) is 13.5. The fourth-order valence-electron chi connectivity index (χ4n) is 2.77. The molecule has 2 aromatic rings. The van der Waals surface area contributed by atoms with Crippen molar-refractivity contribution in [2.45, 2.75) is 20.8 Å². The predicted octanol–water partition coefficient (Wildman–Crippen LogP) is 3.54. The Balaban J connectivity index is 2.22. The summed E-state index contributed by atoms with van der Waals surface area (Å²) in [6.45, 7) is 5.20. The first kappa shape index (κ1) is 22.7. The highest BCUT2D eigenvalue weighted by Gasteiger charge is 2.22. The summed E-state index contributed by atoms with van der Waals surface area (Å²) in [6.07, 6.45) is 1.04. The highest BCUT2D eigenvalue weighted by molar-refractivity contribution is 7.92. The molecule has 0 bridgehead atoms. The van der Waals surface area contributed by atoms with Crippen LogP contribution in [0.1, 0.15) is 28.4 Å². The zero-order valence-electron chi connectivity index (χ0n) is 16.7. The van der Waals surface area contributed by atoms with E-state index in [4.69, 9.17) is 16.3 Å². The van der Waals surface area contributed by atoms with Crippen molar-refractivity contribution in [2.24, 2.45) is 0 Å². The van der Waals surface area contributed by atoms with Crippen LogP contribution in [-0.2, 0) is 19.6 Å². The Bertz CT molecular complexity index is 1020. The fraction of sp³-hybridized carbons (Fsp3) is 0.300. The molecule has 0 aromatic heterocycles. The van der Waals surface area contributed by atoms with Gasteiger partial charge in [-0.3, -0.25) is 9.10 Å². The summed E-state index contributed by atoms with van der Waals surface area (Å²) >= 11 is 6.15. The lowest BCUT2D eigenvalue weighted by atomic mass is 10.1. The maximum Gasteiger partial charge on any atom is 0.338 e. The van der Waals surface area contributed by atoms with E-state index in [2.05, 4.69) is 5.32 Å². The number of rotatable bonds is 7. The molecule has 29 heavy (non-hydrogen) atoms. The summed E-state index contributed by atoms with van der Waals surface area (Å²) in [4.78, 5) is 24.3. The van der Waals surface area contributed by atoms with Gasteiger partial charge in [0.1, 0.15) is 6.54 Å². The molecule has 156 valence electrons. The largest absolute Gasteiger partial charge is 0.462 e. The van der Waals surface area contributed by atoms with Crippen LogP contribution in [0.15, 0.2) is 36.4 Å². The SMILES string of the molecule is CCOC(=O)c1ccc(NC(=O)CN(c2cc(C)cc(C)c2)S(C)(=O)=O)c(Cl)c1. The first-order valence-corrected chi connectivity index (χ1v) is 11.1. The molecule has 0 saturated heterocycles. The second-order valence-electron chi connectivity index (χ2n) is 6.58. The van der Waals surface area contributed by atoms with Crippen LogP contribution >= 0.6 is 11.6 Å². The summed E-state index contributed by atoms with van der Waals surface area (Å²) < 4.78 is 30.5. The normalized spacial score (nSPS) is 11.1. The molecule has 2 aromatic carbocycles. The number of carbonyl (C=O) groups is 2. The number of ether oxygens (including phenoxy) is 1. The van der Waals surface area contributed by atoms with E-state index in [1.54, 1.807) is 19.1 Å². The third-order valence-electron chi connectivity index (χ3n) is 3.94. The van der Waals surface area contributed by atoms with Gasteiger partial charge in [-0.2, -0.15) is 0 Å². The average molecular weight is 439 g/mol. The Labute approximate surface area is 175 Å². The summed E-state index contributed by atoms with van der Waals surface area (Å²) in [6, 6.07) is 9.62. The molecular formula is C20H23ClN2O5S. The van der Waals surface area contributed by atoms with E-state index in [0.717, 1.165) is 21.7 Å². The smallest absolute Gasteiger partial charge is 0.338 e. The minimum absolute atomic E-state index is 0.140. The van der Waals surface area contributed by atoms with Crippen molar-refractivity contribution in [3.63, 3.8) is 0 Å². The summed E-state index contributed by atoms with van der Waals surface area (Å²) in [5.74, 6) is -1.09. The minimum atomic E-state index is -3.69. The molecular weight excluding hydrogens is 416 g/mol. The number of esters is 1. The van der Waals surface area contributed by atoms with Gasteiger partial charge >= 0.3 is 5.97 Å².